The molecule has 0 spiro atoms. The summed E-state index contributed by atoms with van der Waals surface area (Å²) in [6.45, 7) is 2.75. The lowest BCUT2D eigenvalue weighted by molar-refractivity contribution is -0.132. The van der Waals surface area contributed by atoms with Crippen LogP contribution in [0.5, 0.6) is 11.5 Å². The number of benzene rings is 2. The van der Waals surface area contributed by atoms with Crippen LogP contribution in [0.3, 0.4) is 0 Å². The van der Waals surface area contributed by atoms with Gasteiger partial charge in [-0.05, 0) is 48.2 Å². The Kier molecular flexibility index (Phi) is 4.75. The summed E-state index contributed by atoms with van der Waals surface area (Å²) in [6, 6.07) is 15.4. The summed E-state index contributed by atoms with van der Waals surface area (Å²) in [7, 11) is 0. The van der Waals surface area contributed by atoms with Crippen molar-refractivity contribution in [3.63, 3.8) is 0 Å². The molecule has 1 N–H and O–H groups in total. The van der Waals surface area contributed by atoms with Crippen LogP contribution in [0.15, 0.2) is 65.6 Å². The van der Waals surface area contributed by atoms with Crippen LogP contribution in [0.1, 0.15) is 22.0 Å². The van der Waals surface area contributed by atoms with E-state index in [4.69, 9.17) is 9.47 Å². The van der Waals surface area contributed by atoms with Crippen LogP contribution < -0.4 is 14.4 Å². The Morgan fingerprint density at radius 3 is 2.55 bits per heavy atom. The van der Waals surface area contributed by atoms with Gasteiger partial charge in [0.05, 0.1) is 5.57 Å². The number of aliphatic hydroxyl groups is 1. The van der Waals surface area contributed by atoms with Crippen molar-refractivity contribution in [3.05, 3.63) is 81.6 Å². The summed E-state index contributed by atoms with van der Waals surface area (Å²) in [5.41, 5.74) is 1.97. The second kappa shape index (κ2) is 7.59. The van der Waals surface area contributed by atoms with Crippen molar-refractivity contribution >= 4 is 34.5 Å². The Morgan fingerprint density at radius 1 is 1.03 bits per heavy atom. The normalized spacial score (nSPS) is 19.6. The molecule has 1 saturated heterocycles. The van der Waals surface area contributed by atoms with Crippen LogP contribution in [-0.4, -0.2) is 30.0 Å². The van der Waals surface area contributed by atoms with Crippen molar-refractivity contribution in [3.8, 4) is 11.5 Å². The molecule has 0 bridgehead atoms. The SMILES string of the molecule is Cc1ccccc1N1C(=O)C(=O)/C(=C(\O)c2ccc3c(c2)OCCO3)C1c1cccs1. The topological polar surface area (TPSA) is 76.1 Å². The molecule has 2 aliphatic heterocycles. The van der Waals surface area contributed by atoms with Gasteiger partial charge in [-0.2, -0.15) is 0 Å². The molecule has 1 aromatic heterocycles. The number of rotatable bonds is 3. The highest BCUT2D eigenvalue weighted by atomic mass is 32.1. The first-order chi connectivity index (χ1) is 15.1. The number of aliphatic hydroxyl groups excluding tert-OH is 1. The second-order valence-electron chi connectivity index (χ2n) is 7.33. The molecule has 1 atom stereocenters. The predicted octanol–water partition coefficient (Wildman–Crippen LogP) is 4.45. The highest BCUT2D eigenvalue weighted by molar-refractivity contribution is 7.10. The fourth-order valence-corrected chi connectivity index (χ4v) is 4.80. The van der Waals surface area contributed by atoms with Gasteiger partial charge >= 0.3 is 0 Å². The number of amides is 1. The van der Waals surface area contributed by atoms with E-state index in [2.05, 4.69) is 0 Å². The van der Waals surface area contributed by atoms with Gasteiger partial charge in [0.15, 0.2) is 11.5 Å². The number of para-hydroxylation sites is 1. The maximum Gasteiger partial charge on any atom is 0.300 e. The minimum atomic E-state index is -0.714. The molecule has 1 amide bonds. The molecular weight excluding hydrogens is 414 g/mol. The van der Waals surface area contributed by atoms with Crippen molar-refractivity contribution < 1.29 is 24.2 Å². The number of hydrogen-bond acceptors (Lipinski definition) is 6. The van der Waals surface area contributed by atoms with E-state index in [1.807, 2.05) is 48.7 Å². The molecule has 1 fully saturated rings. The molecule has 3 heterocycles. The van der Waals surface area contributed by atoms with E-state index in [-0.39, 0.29) is 11.3 Å². The Morgan fingerprint density at radius 2 is 1.81 bits per heavy atom. The zero-order valence-electron chi connectivity index (χ0n) is 16.7. The van der Waals surface area contributed by atoms with Crippen molar-refractivity contribution in [2.24, 2.45) is 0 Å². The number of carbonyl (C=O) groups is 2. The maximum absolute atomic E-state index is 13.1. The van der Waals surface area contributed by atoms with E-state index in [0.717, 1.165) is 10.4 Å². The number of anilines is 1. The molecule has 0 saturated carbocycles. The third kappa shape index (κ3) is 3.18. The number of Topliss-reactive ketones (excluding diaryl/α,β-unsaturated/α-hetero) is 1. The summed E-state index contributed by atoms with van der Waals surface area (Å²) in [4.78, 5) is 28.6. The summed E-state index contributed by atoms with van der Waals surface area (Å²) >= 11 is 1.43. The summed E-state index contributed by atoms with van der Waals surface area (Å²) in [5, 5.41) is 13.1. The minimum absolute atomic E-state index is 0.0624. The summed E-state index contributed by atoms with van der Waals surface area (Å²) < 4.78 is 11.2. The predicted molar refractivity (Wildman–Crippen MR) is 118 cm³/mol. The Hall–Kier alpha value is -3.58. The first-order valence-electron chi connectivity index (χ1n) is 9.86. The Labute approximate surface area is 183 Å². The number of thiophene rings is 1. The number of nitrogens with zero attached hydrogens (tertiary/aromatic N) is 1. The van der Waals surface area contributed by atoms with Gasteiger partial charge < -0.3 is 14.6 Å². The van der Waals surface area contributed by atoms with Gasteiger partial charge in [-0.1, -0.05) is 24.3 Å². The first-order valence-corrected chi connectivity index (χ1v) is 10.7. The van der Waals surface area contributed by atoms with Gasteiger partial charge in [-0.15, -0.1) is 11.3 Å². The van der Waals surface area contributed by atoms with E-state index in [0.29, 0.717) is 36.0 Å². The highest BCUT2D eigenvalue weighted by Gasteiger charge is 2.47. The number of aryl methyl sites for hydroxylation is 1. The second-order valence-corrected chi connectivity index (χ2v) is 8.31. The van der Waals surface area contributed by atoms with Crippen molar-refractivity contribution in [2.45, 2.75) is 13.0 Å². The molecular formula is C24H19NO5S. The molecule has 1 unspecified atom stereocenters. The van der Waals surface area contributed by atoms with E-state index >= 15 is 0 Å². The lowest BCUT2D eigenvalue weighted by atomic mass is 9.99. The van der Waals surface area contributed by atoms with Gasteiger partial charge in [0.1, 0.15) is 25.0 Å². The largest absolute Gasteiger partial charge is 0.507 e. The monoisotopic (exact) mass is 433 g/mol. The lowest BCUT2D eigenvalue weighted by Gasteiger charge is -2.25. The number of ketones is 1. The lowest BCUT2D eigenvalue weighted by Crippen LogP contribution is -2.29. The van der Waals surface area contributed by atoms with Gasteiger partial charge in [0.25, 0.3) is 11.7 Å². The van der Waals surface area contributed by atoms with E-state index in [9.17, 15) is 14.7 Å². The highest BCUT2D eigenvalue weighted by Crippen LogP contribution is 2.45. The molecule has 0 radical (unpaired) electrons. The fourth-order valence-electron chi connectivity index (χ4n) is 3.98. The number of ether oxygens (including phenoxy) is 2. The third-order valence-corrected chi connectivity index (χ3v) is 6.37. The number of hydrogen-bond donors (Lipinski definition) is 1. The van der Waals surface area contributed by atoms with Crippen LogP contribution in [0.25, 0.3) is 5.76 Å². The van der Waals surface area contributed by atoms with Crippen molar-refractivity contribution in [1.29, 1.82) is 0 Å². The van der Waals surface area contributed by atoms with Gasteiger partial charge in [0, 0.05) is 16.1 Å². The average molecular weight is 433 g/mol. The quantitative estimate of drug-likeness (QED) is 0.375. The Bertz CT molecular complexity index is 1210. The first kappa shape index (κ1) is 19.4. The Balaban J connectivity index is 1.69. The molecule has 31 heavy (non-hydrogen) atoms. The average Bonchev–Trinajstić information content (AvgIpc) is 3.41. The summed E-state index contributed by atoms with van der Waals surface area (Å²) in [6.07, 6.45) is 0. The molecule has 2 aliphatic rings. The van der Waals surface area contributed by atoms with Crippen LogP contribution in [0.2, 0.25) is 0 Å². The van der Waals surface area contributed by atoms with Crippen molar-refractivity contribution in [2.75, 3.05) is 18.1 Å². The van der Waals surface area contributed by atoms with Gasteiger partial charge in [-0.25, -0.2) is 0 Å². The molecule has 156 valence electrons. The van der Waals surface area contributed by atoms with Gasteiger partial charge in [-0.3, -0.25) is 14.5 Å². The zero-order valence-corrected chi connectivity index (χ0v) is 17.5. The van der Waals surface area contributed by atoms with Crippen LogP contribution >= 0.6 is 11.3 Å². The van der Waals surface area contributed by atoms with E-state index < -0.39 is 17.7 Å². The molecule has 7 heteroatoms. The van der Waals surface area contributed by atoms with Crippen molar-refractivity contribution in [1.82, 2.24) is 0 Å². The van der Waals surface area contributed by atoms with Gasteiger partial charge in [0.2, 0.25) is 0 Å². The molecule has 0 aliphatic carbocycles. The number of fused-ring (bicyclic) bond motifs is 1. The minimum Gasteiger partial charge on any atom is -0.507 e. The molecule has 3 aromatic rings. The molecule has 5 rings (SSSR count). The number of carbonyl (C=O) groups excluding carboxylic acids is 2. The maximum atomic E-state index is 13.1. The molecule has 2 aromatic carbocycles. The zero-order chi connectivity index (χ0) is 21.5. The van der Waals surface area contributed by atoms with Crippen LogP contribution in [-0.2, 0) is 9.59 Å². The summed E-state index contributed by atoms with van der Waals surface area (Å²) in [5.74, 6) is -0.528. The smallest absolute Gasteiger partial charge is 0.300 e. The van der Waals surface area contributed by atoms with Crippen LogP contribution in [0.4, 0.5) is 5.69 Å². The van der Waals surface area contributed by atoms with E-state index in [1.54, 1.807) is 18.2 Å². The standard InChI is InChI=1S/C24H19NO5S/c1-14-5-2-3-6-16(14)25-21(19-7-4-12-31-19)20(23(27)24(25)28)22(26)15-8-9-17-18(13-15)30-11-10-29-17/h2-9,12-13,21,26H,10-11H2,1H3/b22-20-. The van der Waals surface area contributed by atoms with Crippen LogP contribution in [0, 0.1) is 6.92 Å². The molecule has 6 nitrogen and oxygen atoms in total. The fraction of sp³-hybridized carbons (Fsp3) is 0.167. The third-order valence-electron chi connectivity index (χ3n) is 5.45. The van der Waals surface area contributed by atoms with E-state index in [1.165, 1.54) is 16.2 Å².